The number of hydrogen-bond acceptors (Lipinski definition) is 2. The van der Waals surface area contributed by atoms with Gasteiger partial charge in [-0.3, -0.25) is 0 Å². The molecule has 0 fully saturated rings. The van der Waals surface area contributed by atoms with Gasteiger partial charge in [-0.1, -0.05) is 24.5 Å². The predicted molar refractivity (Wildman–Crippen MR) is 68.6 cm³/mol. The van der Waals surface area contributed by atoms with Crippen molar-refractivity contribution in [2.45, 2.75) is 46.6 Å². The Morgan fingerprint density at radius 3 is 2.47 bits per heavy atom. The lowest BCUT2D eigenvalue weighted by molar-refractivity contribution is 0.211. The van der Waals surface area contributed by atoms with Crippen molar-refractivity contribution < 1.29 is 9.08 Å². The highest BCUT2D eigenvalue weighted by molar-refractivity contribution is 6.80. The van der Waals surface area contributed by atoms with Crippen LogP contribution in [0.5, 0.6) is 0 Å². The highest BCUT2D eigenvalue weighted by Gasteiger charge is 2.32. The molecule has 0 aliphatic carbocycles. The predicted octanol–water partition coefficient (Wildman–Crippen LogP) is 3.05. The Morgan fingerprint density at radius 2 is 1.93 bits per heavy atom. The fraction of sp³-hybridized carbons (Fsp3) is 0.818. The van der Waals surface area contributed by atoms with Gasteiger partial charge in [0.2, 0.25) is 8.32 Å². The van der Waals surface area contributed by atoms with Gasteiger partial charge in [0.05, 0.1) is 13.2 Å². The monoisotopic (exact) mass is 226 g/mol. The van der Waals surface area contributed by atoms with Crippen LogP contribution < -0.4 is 0 Å². The maximum atomic E-state index is 5.96. The first-order valence-electron chi connectivity index (χ1n) is 5.98. The minimum Gasteiger partial charge on any atom is -0.429 e. The Hall–Kier alpha value is -0.0582. The molecule has 1 aliphatic heterocycles. The summed E-state index contributed by atoms with van der Waals surface area (Å²) < 4.78 is 11.8. The molecule has 0 N–H and O–H groups in total. The second-order valence-corrected chi connectivity index (χ2v) is 8.69. The van der Waals surface area contributed by atoms with Crippen LogP contribution in [0.3, 0.4) is 0 Å². The van der Waals surface area contributed by atoms with Crippen LogP contribution >= 0.6 is 0 Å². The fourth-order valence-corrected chi connectivity index (χ4v) is 4.10. The van der Waals surface area contributed by atoms with Crippen LogP contribution in [0.2, 0.25) is 19.4 Å². The van der Waals surface area contributed by atoms with E-state index in [2.05, 4.69) is 33.9 Å². The van der Waals surface area contributed by atoms with Crippen molar-refractivity contribution >= 4 is 15.2 Å². The molecule has 86 valence electrons. The van der Waals surface area contributed by atoms with Gasteiger partial charge in [0.1, 0.15) is 0 Å². The first kappa shape index (κ1) is 13.0. The Labute approximate surface area is 95.3 Å². The van der Waals surface area contributed by atoms with Gasteiger partial charge in [0.25, 0.3) is 0 Å². The SMILES string of the molecule is CCB1OCCO[Si](C)(C)C(C)=C1CC. The molecule has 2 nitrogen and oxygen atoms in total. The molecule has 0 aromatic heterocycles. The van der Waals surface area contributed by atoms with Gasteiger partial charge < -0.3 is 9.08 Å². The minimum absolute atomic E-state index is 0.325. The van der Waals surface area contributed by atoms with Crippen LogP contribution in [0.25, 0.3) is 0 Å². The minimum atomic E-state index is -1.62. The Bertz CT molecular complexity index is 251. The molecule has 0 saturated carbocycles. The molecular weight excluding hydrogens is 203 g/mol. The topological polar surface area (TPSA) is 18.5 Å². The van der Waals surface area contributed by atoms with E-state index in [-0.39, 0.29) is 0 Å². The zero-order valence-electron chi connectivity index (χ0n) is 10.7. The van der Waals surface area contributed by atoms with E-state index in [0.717, 1.165) is 26.0 Å². The van der Waals surface area contributed by atoms with E-state index in [1.807, 2.05) is 0 Å². The number of allylic oxidation sites excluding steroid dienone is 2. The van der Waals surface area contributed by atoms with Crippen LogP contribution in [0.4, 0.5) is 0 Å². The van der Waals surface area contributed by atoms with Gasteiger partial charge in [0.15, 0.2) is 0 Å². The molecule has 0 bridgehead atoms. The molecule has 0 aromatic rings. The maximum Gasteiger partial charge on any atom is 0.322 e. The van der Waals surface area contributed by atoms with E-state index in [1.165, 1.54) is 10.7 Å². The summed E-state index contributed by atoms with van der Waals surface area (Å²) in [5, 5.41) is 1.48. The Balaban J connectivity index is 3.05. The van der Waals surface area contributed by atoms with Crippen molar-refractivity contribution in [3.8, 4) is 0 Å². The van der Waals surface area contributed by atoms with Crippen molar-refractivity contribution in [3.05, 3.63) is 10.7 Å². The summed E-state index contributed by atoms with van der Waals surface area (Å²) >= 11 is 0. The molecule has 0 saturated heterocycles. The molecule has 1 rings (SSSR count). The van der Waals surface area contributed by atoms with Gasteiger partial charge in [-0.15, -0.1) is 0 Å². The largest absolute Gasteiger partial charge is 0.429 e. The van der Waals surface area contributed by atoms with E-state index >= 15 is 0 Å². The third-order valence-electron chi connectivity index (χ3n) is 3.39. The average Bonchev–Trinajstić information content (AvgIpc) is 2.20. The number of rotatable bonds is 2. The molecule has 1 aliphatic rings. The summed E-state index contributed by atoms with van der Waals surface area (Å²) in [5.74, 6) is 0. The summed E-state index contributed by atoms with van der Waals surface area (Å²) in [4.78, 5) is 0. The van der Waals surface area contributed by atoms with Crippen LogP contribution in [0.15, 0.2) is 10.7 Å². The summed E-state index contributed by atoms with van der Waals surface area (Å²) in [5.41, 5.74) is 1.48. The van der Waals surface area contributed by atoms with Crippen LogP contribution in [-0.4, -0.2) is 28.4 Å². The lowest BCUT2D eigenvalue weighted by Gasteiger charge is -2.31. The van der Waals surface area contributed by atoms with E-state index in [0.29, 0.717) is 6.92 Å². The maximum absolute atomic E-state index is 5.96. The van der Waals surface area contributed by atoms with Crippen molar-refractivity contribution in [3.63, 3.8) is 0 Å². The lowest BCUT2D eigenvalue weighted by atomic mass is 9.57. The third kappa shape index (κ3) is 2.95. The second-order valence-electron chi connectivity index (χ2n) is 4.63. The Kier molecular flexibility index (Phi) is 4.62. The van der Waals surface area contributed by atoms with Gasteiger partial charge in [-0.2, -0.15) is 0 Å². The standard InChI is InChI=1S/C11H23BO2Si/c1-6-11-10(3)15(4,5)14-9-8-13-12(11)7-2/h6-9H2,1-5H3. The van der Waals surface area contributed by atoms with Crippen LogP contribution in [-0.2, 0) is 9.08 Å². The van der Waals surface area contributed by atoms with Gasteiger partial charge in [0, 0.05) is 0 Å². The van der Waals surface area contributed by atoms with Gasteiger partial charge >= 0.3 is 6.92 Å². The summed E-state index contributed by atoms with van der Waals surface area (Å²) in [6.45, 7) is 13.1. The van der Waals surface area contributed by atoms with Crippen LogP contribution in [0.1, 0.15) is 27.2 Å². The molecule has 15 heavy (non-hydrogen) atoms. The smallest absolute Gasteiger partial charge is 0.322 e. The molecule has 1 heterocycles. The molecule has 0 unspecified atom stereocenters. The molecular formula is C11H23BO2Si. The van der Waals surface area contributed by atoms with Crippen LogP contribution in [0, 0.1) is 0 Å². The first-order valence-corrected chi connectivity index (χ1v) is 8.89. The third-order valence-corrected chi connectivity index (χ3v) is 6.44. The molecule has 0 spiro atoms. The first-order chi connectivity index (χ1) is 7.03. The van der Waals surface area contributed by atoms with E-state index in [4.69, 9.17) is 9.08 Å². The Morgan fingerprint density at radius 1 is 1.27 bits per heavy atom. The summed E-state index contributed by atoms with van der Waals surface area (Å²) in [6, 6.07) is 0. The highest BCUT2D eigenvalue weighted by atomic mass is 28.4. The highest BCUT2D eigenvalue weighted by Crippen LogP contribution is 2.26. The zero-order chi connectivity index (χ0) is 11.5. The van der Waals surface area contributed by atoms with Crippen molar-refractivity contribution in [2.75, 3.05) is 13.2 Å². The summed E-state index contributed by atoms with van der Waals surface area (Å²) in [6.07, 6.45) is 2.16. The number of hydrogen-bond donors (Lipinski definition) is 0. The lowest BCUT2D eigenvalue weighted by Crippen LogP contribution is -2.40. The van der Waals surface area contributed by atoms with E-state index in [1.54, 1.807) is 0 Å². The van der Waals surface area contributed by atoms with Crippen molar-refractivity contribution in [1.29, 1.82) is 0 Å². The molecule has 0 aromatic carbocycles. The van der Waals surface area contributed by atoms with Crippen molar-refractivity contribution in [2.24, 2.45) is 0 Å². The normalized spacial score (nSPS) is 22.6. The van der Waals surface area contributed by atoms with Gasteiger partial charge in [-0.05, 0) is 32.8 Å². The fourth-order valence-electron chi connectivity index (χ4n) is 2.18. The van der Waals surface area contributed by atoms with Crippen molar-refractivity contribution in [1.82, 2.24) is 0 Å². The molecule has 0 radical (unpaired) electrons. The van der Waals surface area contributed by atoms with Gasteiger partial charge in [-0.25, -0.2) is 0 Å². The van der Waals surface area contributed by atoms with E-state index in [9.17, 15) is 0 Å². The average molecular weight is 226 g/mol. The summed E-state index contributed by atoms with van der Waals surface area (Å²) in [7, 11) is -1.62. The quantitative estimate of drug-likeness (QED) is 0.674. The molecule has 0 amide bonds. The molecule has 4 heteroatoms. The zero-order valence-corrected chi connectivity index (χ0v) is 11.7. The van der Waals surface area contributed by atoms with E-state index < -0.39 is 8.32 Å². The molecule has 0 atom stereocenters. The second kappa shape index (κ2) is 5.32.